The largest absolute Gasteiger partial charge is 0.452 e. The molecule has 1 atom stereocenters. The Bertz CT molecular complexity index is 819. The molecular weight excluding hydrogens is 363 g/mol. The van der Waals surface area contributed by atoms with Gasteiger partial charge in [0.1, 0.15) is 5.58 Å². The van der Waals surface area contributed by atoms with Gasteiger partial charge in [0.15, 0.2) is 5.76 Å². The SMILES string of the molecule is CC.CC(C)CCCCc1c(C(=O)c2ccccc2)oc2ccccc12.CP. The Balaban J connectivity index is 0.000000921. The number of carbonyl (C=O) groups is 1. The highest BCUT2D eigenvalue weighted by Crippen LogP contribution is 2.29. The van der Waals surface area contributed by atoms with Crippen LogP contribution < -0.4 is 0 Å². The second-order valence-electron chi connectivity index (χ2n) is 6.74. The number of unbranched alkanes of at least 4 members (excludes halogenated alkanes) is 1. The highest BCUT2D eigenvalue weighted by molar-refractivity contribution is 7.15. The number of hydrogen-bond donors (Lipinski definition) is 0. The number of benzene rings is 2. The summed E-state index contributed by atoms with van der Waals surface area (Å²) >= 11 is 0. The van der Waals surface area contributed by atoms with Crippen LogP contribution in [0.5, 0.6) is 0 Å². The third-order valence-corrected chi connectivity index (χ3v) is 4.40. The lowest BCUT2D eigenvalue weighted by atomic mass is 9.98. The molecule has 1 aromatic heterocycles. The van der Waals surface area contributed by atoms with Crippen LogP contribution in [0.25, 0.3) is 11.0 Å². The molecular formula is C25H35O2P. The van der Waals surface area contributed by atoms with Gasteiger partial charge in [-0.15, -0.1) is 9.24 Å². The van der Waals surface area contributed by atoms with E-state index in [0.717, 1.165) is 35.3 Å². The summed E-state index contributed by atoms with van der Waals surface area (Å²) in [5, 5.41) is 1.07. The molecule has 152 valence electrons. The molecule has 0 N–H and O–H groups in total. The molecule has 0 radical (unpaired) electrons. The van der Waals surface area contributed by atoms with Gasteiger partial charge in [-0.2, -0.15) is 0 Å². The third-order valence-electron chi connectivity index (χ3n) is 4.40. The first kappa shape index (κ1) is 24.1. The van der Waals surface area contributed by atoms with Gasteiger partial charge in [-0.05, 0) is 24.8 Å². The average molecular weight is 399 g/mol. The summed E-state index contributed by atoms with van der Waals surface area (Å²) in [7, 11) is 2.42. The fraction of sp³-hybridized carbons (Fsp3) is 0.400. The van der Waals surface area contributed by atoms with E-state index < -0.39 is 0 Å². The number of hydrogen-bond acceptors (Lipinski definition) is 2. The van der Waals surface area contributed by atoms with Gasteiger partial charge >= 0.3 is 0 Å². The zero-order chi connectivity index (χ0) is 20.9. The molecule has 0 aliphatic carbocycles. The first-order valence-electron chi connectivity index (χ1n) is 10.3. The molecule has 0 saturated heterocycles. The van der Waals surface area contributed by atoms with Crippen LogP contribution in [-0.2, 0) is 6.42 Å². The maximum absolute atomic E-state index is 12.9. The third kappa shape index (κ3) is 6.60. The van der Waals surface area contributed by atoms with E-state index in [2.05, 4.69) is 29.2 Å². The standard InChI is InChI=1S/C22H24O2.C2H6.CH5P/c1-16(2)10-6-7-14-19-18-13-8-9-15-20(18)24-22(19)21(23)17-11-4-3-5-12-17;2*1-2/h3-5,8-9,11-13,15-16H,6-7,10,14H2,1-2H3;1-2H3;2H2,1H3. The van der Waals surface area contributed by atoms with Crippen molar-refractivity contribution in [2.45, 2.75) is 53.4 Å². The molecule has 0 aliphatic rings. The van der Waals surface area contributed by atoms with E-state index in [4.69, 9.17) is 4.42 Å². The van der Waals surface area contributed by atoms with Crippen molar-refractivity contribution >= 4 is 26.0 Å². The Morgan fingerprint density at radius 3 is 2.18 bits per heavy atom. The van der Waals surface area contributed by atoms with Crippen molar-refractivity contribution in [3.8, 4) is 0 Å². The Morgan fingerprint density at radius 1 is 0.929 bits per heavy atom. The number of fused-ring (bicyclic) bond motifs is 1. The molecule has 1 heterocycles. The monoisotopic (exact) mass is 398 g/mol. The van der Waals surface area contributed by atoms with Crippen molar-refractivity contribution in [1.82, 2.24) is 0 Å². The molecule has 0 saturated carbocycles. The van der Waals surface area contributed by atoms with Crippen LogP contribution in [0, 0.1) is 5.92 Å². The van der Waals surface area contributed by atoms with Crippen molar-refractivity contribution in [3.05, 3.63) is 71.5 Å². The molecule has 3 aromatic rings. The Morgan fingerprint density at radius 2 is 1.54 bits per heavy atom. The minimum atomic E-state index is -0.0225. The van der Waals surface area contributed by atoms with Crippen LogP contribution >= 0.6 is 9.24 Å². The molecule has 2 aromatic carbocycles. The maximum atomic E-state index is 12.9. The quantitative estimate of drug-likeness (QED) is 0.234. The van der Waals surface area contributed by atoms with Gasteiger partial charge < -0.3 is 4.42 Å². The van der Waals surface area contributed by atoms with Gasteiger partial charge in [-0.3, -0.25) is 4.79 Å². The van der Waals surface area contributed by atoms with E-state index in [0.29, 0.717) is 11.3 Å². The van der Waals surface area contributed by atoms with Gasteiger partial charge in [0.25, 0.3) is 0 Å². The van der Waals surface area contributed by atoms with E-state index >= 15 is 0 Å². The van der Waals surface area contributed by atoms with Crippen molar-refractivity contribution in [1.29, 1.82) is 0 Å². The van der Waals surface area contributed by atoms with Crippen LogP contribution in [0.1, 0.15) is 68.6 Å². The van der Waals surface area contributed by atoms with Crippen molar-refractivity contribution in [3.63, 3.8) is 0 Å². The summed E-state index contributed by atoms with van der Waals surface area (Å²) in [5.74, 6) is 1.20. The highest BCUT2D eigenvalue weighted by Gasteiger charge is 2.21. The summed E-state index contributed by atoms with van der Waals surface area (Å²) in [6, 6.07) is 17.3. The summed E-state index contributed by atoms with van der Waals surface area (Å²) in [4.78, 5) is 12.9. The fourth-order valence-corrected chi connectivity index (χ4v) is 3.11. The van der Waals surface area contributed by atoms with Crippen LogP contribution in [-0.4, -0.2) is 12.4 Å². The van der Waals surface area contributed by atoms with E-state index in [1.54, 1.807) is 0 Å². The number of carbonyl (C=O) groups excluding carboxylic acids is 1. The first-order chi connectivity index (χ1) is 13.7. The molecule has 3 heteroatoms. The smallest absolute Gasteiger partial charge is 0.228 e. The fourth-order valence-electron chi connectivity index (χ4n) is 3.11. The molecule has 0 amide bonds. The van der Waals surface area contributed by atoms with Gasteiger partial charge in [0.2, 0.25) is 5.78 Å². The van der Waals surface area contributed by atoms with E-state index in [-0.39, 0.29) is 5.78 Å². The molecule has 0 bridgehead atoms. The van der Waals surface area contributed by atoms with Crippen LogP contribution in [0.15, 0.2) is 59.0 Å². The predicted molar refractivity (Wildman–Crippen MR) is 125 cm³/mol. The normalized spacial score (nSPS) is 10.1. The Labute approximate surface area is 172 Å². The minimum absolute atomic E-state index is 0.0225. The molecule has 3 rings (SSSR count). The Kier molecular flexibility index (Phi) is 11.4. The number of aryl methyl sites for hydroxylation is 1. The van der Waals surface area contributed by atoms with Crippen LogP contribution in [0.2, 0.25) is 0 Å². The van der Waals surface area contributed by atoms with Crippen molar-refractivity contribution in [2.24, 2.45) is 5.92 Å². The average Bonchev–Trinajstić information content (AvgIpc) is 3.12. The molecule has 0 aliphatic heterocycles. The van der Waals surface area contributed by atoms with Gasteiger partial charge in [0, 0.05) is 16.5 Å². The lowest BCUT2D eigenvalue weighted by Gasteiger charge is -2.05. The number of para-hydroxylation sites is 1. The molecule has 1 unspecified atom stereocenters. The molecule has 2 nitrogen and oxygen atoms in total. The summed E-state index contributed by atoms with van der Waals surface area (Å²) in [5.41, 5.74) is 2.54. The molecule has 0 fully saturated rings. The zero-order valence-corrected chi connectivity index (χ0v) is 19.2. The molecule has 0 spiro atoms. The summed E-state index contributed by atoms with van der Waals surface area (Å²) < 4.78 is 5.94. The zero-order valence-electron chi connectivity index (χ0n) is 18.0. The summed E-state index contributed by atoms with van der Waals surface area (Å²) in [6.07, 6.45) is 4.36. The van der Waals surface area contributed by atoms with E-state index in [1.165, 1.54) is 12.8 Å². The van der Waals surface area contributed by atoms with Crippen molar-refractivity contribution < 1.29 is 9.21 Å². The van der Waals surface area contributed by atoms with Crippen LogP contribution in [0.4, 0.5) is 0 Å². The lowest BCUT2D eigenvalue weighted by molar-refractivity contribution is 0.101. The number of ketones is 1. The lowest BCUT2D eigenvalue weighted by Crippen LogP contribution is -2.03. The van der Waals surface area contributed by atoms with Gasteiger partial charge in [-0.25, -0.2) is 0 Å². The topological polar surface area (TPSA) is 30.2 Å². The second kappa shape index (κ2) is 13.3. The van der Waals surface area contributed by atoms with E-state index in [1.807, 2.05) is 69.0 Å². The maximum Gasteiger partial charge on any atom is 0.228 e. The molecule has 28 heavy (non-hydrogen) atoms. The van der Waals surface area contributed by atoms with Crippen molar-refractivity contribution in [2.75, 3.05) is 6.66 Å². The number of furan rings is 1. The van der Waals surface area contributed by atoms with Gasteiger partial charge in [-0.1, -0.05) is 95.7 Å². The first-order valence-corrected chi connectivity index (χ1v) is 11.5. The highest BCUT2D eigenvalue weighted by atomic mass is 31.0. The Hall–Kier alpha value is -1.92. The minimum Gasteiger partial charge on any atom is -0.452 e. The van der Waals surface area contributed by atoms with Gasteiger partial charge in [0.05, 0.1) is 0 Å². The summed E-state index contributed by atoms with van der Waals surface area (Å²) in [6.45, 7) is 10.4. The predicted octanol–water partition coefficient (Wildman–Crippen LogP) is 7.55. The second-order valence-corrected chi connectivity index (χ2v) is 6.74. The van der Waals surface area contributed by atoms with E-state index in [9.17, 15) is 4.79 Å². The number of rotatable bonds is 7. The van der Waals surface area contributed by atoms with Crippen LogP contribution in [0.3, 0.4) is 0 Å².